The number of carbonyl (C=O) groups excluding carboxylic acids is 1. The molecule has 4 nitrogen and oxygen atoms in total. The van der Waals surface area contributed by atoms with Gasteiger partial charge in [0.25, 0.3) is 0 Å². The highest BCUT2D eigenvalue weighted by atomic mass is 32.2. The van der Waals surface area contributed by atoms with E-state index >= 15 is 0 Å². The Morgan fingerprint density at radius 2 is 1.79 bits per heavy atom. The Hall–Kier alpha value is -2.87. The lowest BCUT2D eigenvalue weighted by atomic mass is 10.1. The molecule has 3 aromatic rings. The minimum absolute atomic E-state index is 0.0308. The van der Waals surface area contributed by atoms with Crippen LogP contribution in [-0.2, 0) is 11.9 Å². The van der Waals surface area contributed by atoms with Gasteiger partial charge in [0.05, 0.1) is 0 Å². The van der Waals surface area contributed by atoms with Crippen molar-refractivity contribution in [1.29, 1.82) is 0 Å². The molecule has 0 radical (unpaired) electrons. The number of ether oxygens (including phenoxy) is 1. The standard InChI is InChI=1S/C21H17F3N2O2S/c1-13-4-3-5-15(10-13)12-29-20-25-18(21(22,23)24)11-19(26-20)28-17-8-6-16(7-9-17)14(2)27/h3-11H,12H2,1-2H3. The molecule has 150 valence electrons. The van der Waals surface area contributed by atoms with Gasteiger partial charge in [-0.15, -0.1) is 0 Å². The molecule has 0 atom stereocenters. The molecule has 1 aromatic heterocycles. The summed E-state index contributed by atoms with van der Waals surface area (Å²) in [4.78, 5) is 19.1. The summed E-state index contributed by atoms with van der Waals surface area (Å²) in [6.07, 6.45) is -4.63. The highest BCUT2D eigenvalue weighted by Crippen LogP contribution is 2.33. The van der Waals surface area contributed by atoms with Crippen LogP contribution in [0.25, 0.3) is 0 Å². The number of nitrogens with zero attached hydrogens (tertiary/aromatic N) is 2. The van der Waals surface area contributed by atoms with Gasteiger partial charge in [0, 0.05) is 17.4 Å². The molecule has 8 heteroatoms. The van der Waals surface area contributed by atoms with Crippen LogP contribution in [0.4, 0.5) is 13.2 Å². The van der Waals surface area contributed by atoms with Crippen molar-refractivity contribution >= 4 is 17.5 Å². The zero-order valence-corrected chi connectivity index (χ0v) is 16.5. The van der Waals surface area contributed by atoms with Crippen LogP contribution in [0.1, 0.15) is 34.1 Å². The van der Waals surface area contributed by atoms with Crippen LogP contribution in [0.15, 0.2) is 59.8 Å². The monoisotopic (exact) mass is 418 g/mol. The number of carbonyl (C=O) groups is 1. The number of thioether (sulfide) groups is 1. The Kier molecular flexibility index (Phi) is 6.22. The van der Waals surface area contributed by atoms with Gasteiger partial charge in [-0.25, -0.2) is 4.98 Å². The highest BCUT2D eigenvalue weighted by molar-refractivity contribution is 7.98. The SMILES string of the molecule is CC(=O)c1ccc(Oc2cc(C(F)(F)F)nc(SCc3cccc(C)c3)n2)cc1. The van der Waals surface area contributed by atoms with Crippen LogP contribution < -0.4 is 4.74 Å². The molecular formula is C21H17F3N2O2S. The fraction of sp³-hybridized carbons (Fsp3) is 0.190. The molecule has 29 heavy (non-hydrogen) atoms. The van der Waals surface area contributed by atoms with E-state index in [2.05, 4.69) is 9.97 Å². The second-order valence-electron chi connectivity index (χ2n) is 6.33. The highest BCUT2D eigenvalue weighted by Gasteiger charge is 2.34. The number of halogens is 3. The zero-order chi connectivity index (χ0) is 21.0. The lowest BCUT2D eigenvalue weighted by Crippen LogP contribution is -2.10. The van der Waals surface area contributed by atoms with Crippen molar-refractivity contribution in [2.75, 3.05) is 0 Å². The van der Waals surface area contributed by atoms with Crippen molar-refractivity contribution < 1.29 is 22.7 Å². The summed E-state index contributed by atoms with van der Waals surface area (Å²) in [5.74, 6) is 0.370. The molecule has 0 aliphatic heterocycles. The summed E-state index contributed by atoms with van der Waals surface area (Å²) in [7, 11) is 0. The predicted octanol–water partition coefficient (Wildman–Crippen LogP) is 6.09. The number of ketones is 1. The molecule has 0 saturated heterocycles. The largest absolute Gasteiger partial charge is 0.439 e. The van der Waals surface area contributed by atoms with E-state index in [9.17, 15) is 18.0 Å². The fourth-order valence-electron chi connectivity index (χ4n) is 2.49. The Labute approximate surface area is 170 Å². The average molecular weight is 418 g/mol. The average Bonchev–Trinajstić information content (AvgIpc) is 2.66. The summed E-state index contributed by atoms with van der Waals surface area (Å²) in [5, 5.41) is -0.0308. The van der Waals surface area contributed by atoms with Crippen molar-refractivity contribution in [1.82, 2.24) is 9.97 Å². The predicted molar refractivity (Wildman–Crippen MR) is 104 cm³/mol. The topological polar surface area (TPSA) is 52.1 Å². The first-order valence-corrected chi connectivity index (χ1v) is 9.63. The molecule has 2 aromatic carbocycles. The van der Waals surface area contributed by atoms with Gasteiger partial charge in [-0.3, -0.25) is 4.79 Å². The number of benzene rings is 2. The maximum atomic E-state index is 13.3. The number of hydrogen-bond acceptors (Lipinski definition) is 5. The zero-order valence-electron chi connectivity index (χ0n) is 15.7. The lowest BCUT2D eigenvalue weighted by Gasteiger charge is -2.11. The van der Waals surface area contributed by atoms with E-state index in [1.807, 2.05) is 31.2 Å². The number of alkyl halides is 3. The second kappa shape index (κ2) is 8.65. The smallest absolute Gasteiger partial charge is 0.433 e. The number of aromatic nitrogens is 2. The third-order valence-corrected chi connectivity index (χ3v) is 4.82. The molecule has 0 fully saturated rings. The van der Waals surface area contributed by atoms with Gasteiger partial charge >= 0.3 is 6.18 Å². The molecule has 3 rings (SSSR count). The minimum atomic E-state index is -4.63. The van der Waals surface area contributed by atoms with E-state index in [1.165, 1.54) is 31.2 Å². The van der Waals surface area contributed by atoms with Crippen LogP contribution in [0.5, 0.6) is 11.6 Å². The quantitative estimate of drug-likeness (QED) is 0.275. The van der Waals surface area contributed by atoms with E-state index in [1.54, 1.807) is 0 Å². The Morgan fingerprint density at radius 3 is 2.41 bits per heavy atom. The van der Waals surface area contributed by atoms with Gasteiger partial charge in [-0.2, -0.15) is 18.2 Å². The normalized spacial score (nSPS) is 11.3. The summed E-state index contributed by atoms with van der Waals surface area (Å²) >= 11 is 1.10. The van der Waals surface area contributed by atoms with Gasteiger partial charge in [-0.05, 0) is 43.7 Å². The van der Waals surface area contributed by atoms with Crippen LogP contribution in [0.3, 0.4) is 0 Å². The van der Waals surface area contributed by atoms with Crippen molar-refractivity contribution in [2.45, 2.75) is 30.9 Å². The Bertz CT molecular complexity index is 1020. The van der Waals surface area contributed by atoms with Crippen molar-refractivity contribution in [2.24, 2.45) is 0 Å². The molecule has 0 aliphatic carbocycles. The van der Waals surface area contributed by atoms with Crippen LogP contribution in [-0.4, -0.2) is 15.8 Å². The first kappa shape index (κ1) is 20.9. The van der Waals surface area contributed by atoms with E-state index in [0.717, 1.165) is 29.0 Å². The molecule has 0 amide bonds. The molecular weight excluding hydrogens is 401 g/mol. The Morgan fingerprint density at radius 1 is 1.07 bits per heavy atom. The van der Waals surface area contributed by atoms with Gasteiger partial charge < -0.3 is 4.74 Å². The summed E-state index contributed by atoms with van der Waals surface area (Å²) in [5.41, 5.74) is 1.42. The number of aryl methyl sites for hydroxylation is 1. The summed E-state index contributed by atoms with van der Waals surface area (Å²) in [6, 6.07) is 14.5. The maximum Gasteiger partial charge on any atom is 0.433 e. The number of rotatable bonds is 6. The number of Topliss-reactive ketones (excluding diaryl/α,β-unsaturated/α-hetero) is 1. The third-order valence-electron chi connectivity index (χ3n) is 3.91. The van der Waals surface area contributed by atoms with E-state index in [-0.39, 0.29) is 22.6 Å². The van der Waals surface area contributed by atoms with Gasteiger partial charge in [0.15, 0.2) is 16.6 Å². The molecule has 0 bridgehead atoms. The van der Waals surface area contributed by atoms with Crippen molar-refractivity contribution in [3.05, 3.63) is 77.0 Å². The molecule has 0 unspecified atom stereocenters. The summed E-state index contributed by atoms with van der Waals surface area (Å²) in [6.45, 7) is 3.37. The van der Waals surface area contributed by atoms with Crippen LogP contribution in [0, 0.1) is 6.92 Å². The van der Waals surface area contributed by atoms with E-state index in [4.69, 9.17) is 4.74 Å². The lowest BCUT2D eigenvalue weighted by molar-refractivity contribution is -0.141. The van der Waals surface area contributed by atoms with Crippen molar-refractivity contribution in [3.63, 3.8) is 0 Å². The first-order chi connectivity index (χ1) is 13.7. The van der Waals surface area contributed by atoms with Gasteiger partial charge in [0.1, 0.15) is 5.75 Å². The van der Waals surface area contributed by atoms with Gasteiger partial charge in [-0.1, -0.05) is 41.6 Å². The first-order valence-electron chi connectivity index (χ1n) is 8.64. The molecule has 1 heterocycles. The maximum absolute atomic E-state index is 13.3. The third kappa shape index (κ3) is 5.80. The van der Waals surface area contributed by atoms with Crippen molar-refractivity contribution in [3.8, 4) is 11.6 Å². The van der Waals surface area contributed by atoms with Crippen LogP contribution >= 0.6 is 11.8 Å². The molecule has 0 spiro atoms. The second-order valence-corrected chi connectivity index (χ2v) is 7.27. The fourth-order valence-corrected chi connectivity index (χ4v) is 3.29. The van der Waals surface area contributed by atoms with Crippen LogP contribution in [0.2, 0.25) is 0 Å². The van der Waals surface area contributed by atoms with E-state index < -0.39 is 11.9 Å². The van der Waals surface area contributed by atoms with Gasteiger partial charge in [0.2, 0.25) is 5.88 Å². The molecule has 0 saturated carbocycles. The Balaban J connectivity index is 1.84. The van der Waals surface area contributed by atoms with E-state index in [0.29, 0.717) is 11.3 Å². The minimum Gasteiger partial charge on any atom is -0.439 e. The summed E-state index contributed by atoms with van der Waals surface area (Å²) < 4.78 is 45.2. The number of hydrogen-bond donors (Lipinski definition) is 0. The molecule has 0 N–H and O–H groups in total. The molecule has 0 aliphatic rings.